The van der Waals surface area contributed by atoms with Crippen LogP contribution in [0.2, 0.25) is 0 Å². The summed E-state index contributed by atoms with van der Waals surface area (Å²) in [4.78, 5) is 0. The van der Waals surface area contributed by atoms with E-state index in [9.17, 15) is 52.7 Å². The monoisotopic (exact) mass is 332 g/mol. The normalized spacial score (nSPS) is 37.8. The molecule has 0 spiro atoms. The Kier molecular flexibility index (Phi) is 3.29. The molecule has 1 heterocycles. The Bertz CT molecular complexity index is 360. The average molecular weight is 332 g/mol. The maximum atomic E-state index is 12.8. The minimum absolute atomic E-state index is 1.79. The quantitative estimate of drug-likeness (QED) is 0.630. The summed E-state index contributed by atoms with van der Waals surface area (Å²) in [6, 6.07) is 0. The van der Waals surface area contributed by atoms with Crippen LogP contribution in [-0.4, -0.2) is 36.3 Å². The topological polar surface area (TPSA) is 18.5 Å². The molecule has 0 aromatic heterocycles. The first-order valence-electron chi connectivity index (χ1n) is 4.08. The smallest absolute Gasteiger partial charge is 0.263 e. The highest BCUT2D eigenvalue weighted by Crippen LogP contribution is 2.61. The molecule has 0 bridgehead atoms. The van der Waals surface area contributed by atoms with Crippen LogP contribution in [0.15, 0.2) is 0 Å². The third-order valence-corrected chi connectivity index (χ3v) is 2.02. The molecule has 2 atom stereocenters. The first kappa shape index (κ1) is 17.1. The third-order valence-electron chi connectivity index (χ3n) is 2.02. The van der Waals surface area contributed by atoms with Gasteiger partial charge in [-0.2, -0.15) is 52.7 Å². The highest BCUT2D eigenvalue weighted by Gasteiger charge is 2.90. The summed E-state index contributed by atoms with van der Waals surface area (Å²) in [6.45, 7) is 0. The van der Waals surface area contributed by atoms with E-state index in [1.807, 2.05) is 0 Å². The van der Waals surface area contributed by atoms with E-state index < -0.39 is 36.3 Å². The fourth-order valence-electron chi connectivity index (χ4n) is 1.05. The Balaban J connectivity index is 3.44. The molecule has 1 rings (SSSR count). The van der Waals surface area contributed by atoms with Crippen LogP contribution in [-0.2, 0) is 9.47 Å². The van der Waals surface area contributed by atoms with Crippen molar-refractivity contribution in [2.45, 2.75) is 36.3 Å². The van der Waals surface area contributed by atoms with Crippen molar-refractivity contribution < 1.29 is 62.2 Å². The van der Waals surface area contributed by atoms with Crippen molar-refractivity contribution in [2.24, 2.45) is 0 Å². The van der Waals surface area contributed by atoms with Crippen LogP contribution in [0.1, 0.15) is 0 Å². The maximum absolute atomic E-state index is 12.8. The van der Waals surface area contributed by atoms with Crippen molar-refractivity contribution in [3.8, 4) is 0 Å². The van der Waals surface area contributed by atoms with Gasteiger partial charge in [0.15, 0.2) is 0 Å². The van der Waals surface area contributed by atoms with Crippen LogP contribution in [0.5, 0.6) is 0 Å². The summed E-state index contributed by atoms with van der Waals surface area (Å²) in [5, 5.41) is 0. The molecule has 120 valence electrons. The summed E-state index contributed by atoms with van der Waals surface area (Å²) < 4.78 is 151. The Morgan fingerprint density at radius 1 is 0.500 bits per heavy atom. The zero-order valence-corrected chi connectivity index (χ0v) is 8.35. The van der Waals surface area contributed by atoms with Crippen LogP contribution in [0.25, 0.3) is 0 Å². The van der Waals surface area contributed by atoms with E-state index in [4.69, 9.17) is 0 Å². The minimum Gasteiger partial charge on any atom is -0.263 e. The molecule has 0 unspecified atom stereocenters. The van der Waals surface area contributed by atoms with Gasteiger partial charge < -0.3 is 0 Å². The molecule has 0 aromatic carbocycles. The summed E-state index contributed by atoms with van der Waals surface area (Å²) in [5.41, 5.74) is 0. The van der Waals surface area contributed by atoms with Crippen molar-refractivity contribution in [1.82, 2.24) is 0 Å². The molecular formula is C6F12O2. The lowest BCUT2D eigenvalue weighted by atomic mass is 10.1. The van der Waals surface area contributed by atoms with Crippen molar-refractivity contribution in [3.05, 3.63) is 0 Å². The van der Waals surface area contributed by atoms with E-state index in [-0.39, 0.29) is 0 Å². The fourth-order valence-corrected chi connectivity index (χ4v) is 1.05. The second kappa shape index (κ2) is 3.84. The fraction of sp³-hybridized carbons (Fsp3) is 1.00. The van der Waals surface area contributed by atoms with Crippen LogP contribution < -0.4 is 0 Å². The van der Waals surface area contributed by atoms with Gasteiger partial charge in [-0.15, -0.1) is 0 Å². The van der Waals surface area contributed by atoms with Gasteiger partial charge in [0.2, 0.25) is 0 Å². The Morgan fingerprint density at radius 3 is 0.850 bits per heavy atom. The minimum atomic E-state index is -6.94. The van der Waals surface area contributed by atoms with Crippen LogP contribution in [0, 0.1) is 0 Å². The van der Waals surface area contributed by atoms with Gasteiger partial charge in [-0.1, -0.05) is 0 Å². The Labute approximate surface area is 99.8 Å². The van der Waals surface area contributed by atoms with E-state index in [0.29, 0.717) is 0 Å². The predicted octanol–water partition coefficient (Wildman–Crippen LogP) is 3.67. The summed E-state index contributed by atoms with van der Waals surface area (Å²) >= 11 is 0. The first-order valence-corrected chi connectivity index (χ1v) is 4.08. The number of hydrogen-bond acceptors (Lipinski definition) is 2. The van der Waals surface area contributed by atoms with E-state index in [2.05, 4.69) is 0 Å². The van der Waals surface area contributed by atoms with Gasteiger partial charge in [0.05, 0.1) is 0 Å². The molecule has 1 aliphatic heterocycles. The summed E-state index contributed by atoms with van der Waals surface area (Å²) in [5.74, 6) is -13.4. The molecular weight excluding hydrogens is 332 g/mol. The van der Waals surface area contributed by atoms with Crippen molar-refractivity contribution in [3.63, 3.8) is 0 Å². The van der Waals surface area contributed by atoms with E-state index in [1.54, 1.807) is 9.47 Å². The molecule has 0 aliphatic carbocycles. The average Bonchev–Trinajstić information content (AvgIpc) is 2.09. The standard InChI is InChI=1S/C6F12O2/c7-1(3(9,10)11)5(15,16)20-2(8,4(12,13)14)6(17,18)19-1/t1-,2-/m1/s1. The maximum Gasteiger partial charge on any atom is 0.458 e. The molecule has 0 amide bonds. The van der Waals surface area contributed by atoms with E-state index >= 15 is 0 Å². The summed E-state index contributed by atoms with van der Waals surface area (Å²) in [6.07, 6.45) is -27.3. The third kappa shape index (κ3) is 1.99. The van der Waals surface area contributed by atoms with Crippen LogP contribution >= 0.6 is 0 Å². The van der Waals surface area contributed by atoms with Gasteiger partial charge >= 0.3 is 36.3 Å². The lowest BCUT2D eigenvalue weighted by molar-refractivity contribution is -0.618. The predicted molar refractivity (Wildman–Crippen MR) is 31.9 cm³/mol. The van der Waals surface area contributed by atoms with Gasteiger partial charge in [0.1, 0.15) is 0 Å². The van der Waals surface area contributed by atoms with E-state index in [1.165, 1.54) is 0 Å². The van der Waals surface area contributed by atoms with Gasteiger partial charge in [0.25, 0.3) is 0 Å². The number of ether oxygens (including phenoxy) is 2. The molecule has 0 radical (unpaired) electrons. The van der Waals surface area contributed by atoms with Crippen LogP contribution in [0.3, 0.4) is 0 Å². The van der Waals surface area contributed by atoms with Crippen LogP contribution in [0.4, 0.5) is 52.7 Å². The molecule has 1 fully saturated rings. The highest BCUT2D eigenvalue weighted by molar-refractivity contribution is 5.00. The zero-order valence-electron chi connectivity index (χ0n) is 8.35. The lowest BCUT2D eigenvalue weighted by Crippen LogP contribution is -2.75. The number of alkyl halides is 12. The number of hydrogen-bond donors (Lipinski definition) is 0. The number of halogens is 12. The van der Waals surface area contributed by atoms with Gasteiger partial charge in [-0.25, -0.2) is 0 Å². The largest absolute Gasteiger partial charge is 0.458 e. The van der Waals surface area contributed by atoms with Gasteiger partial charge in [0, 0.05) is 0 Å². The van der Waals surface area contributed by atoms with Crippen molar-refractivity contribution in [2.75, 3.05) is 0 Å². The SMILES string of the molecule is FC(F)(F)[C@@]1(F)OC(F)(F)[C@@](F)(C(F)(F)F)OC1(F)F. The molecule has 20 heavy (non-hydrogen) atoms. The molecule has 0 saturated carbocycles. The lowest BCUT2D eigenvalue weighted by Gasteiger charge is -2.46. The Morgan fingerprint density at radius 2 is 0.700 bits per heavy atom. The first-order chi connectivity index (χ1) is 8.41. The second-order valence-electron chi connectivity index (χ2n) is 3.42. The second-order valence-corrected chi connectivity index (χ2v) is 3.42. The van der Waals surface area contributed by atoms with Crippen molar-refractivity contribution in [1.29, 1.82) is 0 Å². The zero-order chi connectivity index (χ0) is 16.4. The Hall–Kier alpha value is -0.920. The number of rotatable bonds is 0. The van der Waals surface area contributed by atoms with E-state index in [0.717, 1.165) is 0 Å². The summed E-state index contributed by atoms with van der Waals surface area (Å²) in [7, 11) is 0. The van der Waals surface area contributed by atoms with Crippen molar-refractivity contribution >= 4 is 0 Å². The highest BCUT2D eigenvalue weighted by atomic mass is 19.4. The molecule has 2 nitrogen and oxygen atoms in total. The molecule has 1 saturated heterocycles. The molecule has 0 N–H and O–H groups in total. The van der Waals surface area contributed by atoms with Gasteiger partial charge in [-0.3, -0.25) is 9.47 Å². The molecule has 0 aromatic rings. The molecule has 1 aliphatic rings. The molecule has 14 heteroatoms. The van der Waals surface area contributed by atoms with Gasteiger partial charge in [-0.05, 0) is 0 Å².